The Bertz CT molecular complexity index is 798. The summed E-state index contributed by atoms with van der Waals surface area (Å²) in [6, 6.07) is 12.8. The van der Waals surface area contributed by atoms with E-state index in [-0.39, 0.29) is 11.4 Å². The second-order valence-electron chi connectivity index (χ2n) is 6.93. The molecule has 0 heterocycles. The van der Waals surface area contributed by atoms with Crippen molar-refractivity contribution in [3.05, 3.63) is 65.2 Å². The summed E-state index contributed by atoms with van der Waals surface area (Å²) in [4.78, 5) is 12.3. The molecule has 24 heavy (non-hydrogen) atoms. The van der Waals surface area contributed by atoms with Crippen LogP contribution in [0.15, 0.2) is 48.5 Å². The molecule has 0 bridgehead atoms. The van der Waals surface area contributed by atoms with Gasteiger partial charge in [-0.3, -0.25) is 0 Å². The first-order valence-corrected chi connectivity index (χ1v) is 8.07. The monoisotopic (exact) mass is 322 g/mol. The van der Waals surface area contributed by atoms with E-state index < -0.39 is 0 Å². The lowest BCUT2D eigenvalue weighted by Gasteiger charge is -2.29. The van der Waals surface area contributed by atoms with Crippen LogP contribution in [0.4, 0.5) is 0 Å². The minimum absolute atomic E-state index is 0.165. The van der Waals surface area contributed by atoms with Crippen LogP contribution in [0.2, 0.25) is 0 Å². The summed E-state index contributed by atoms with van der Waals surface area (Å²) < 4.78 is 10.6. The highest BCUT2D eigenvalue weighted by Crippen LogP contribution is 2.37. The lowest BCUT2D eigenvalue weighted by Crippen LogP contribution is -2.17. The predicted molar refractivity (Wildman–Crippen MR) is 95.5 cm³/mol. The fourth-order valence-electron chi connectivity index (χ4n) is 3.24. The van der Waals surface area contributed by atoms with E-state index in [1.54, 1.807) is 31.4 Å². The maximum absolute atomic E-state index is 12.3. The zero-order chi connectivity index (χ0) is 17.3. The fourth-order valence-corrected chi connectivity index (χ4v) is 3.24. The van der Waals surface area contributed by atoms with Crippen LogP contribution in [0.25, 0.3) is 5.57 Å². The Hall–Kier alpha value is -2.55. The van der Waals surface area contributed by atoms with Crippen molar-refractivity contribution in [1.29, 1.82) is 0 Å². The molecule has 3 rings (SSSR count). The number of rotatable bonds is 3. The Morgan fingerprint density at radius 3 is 2.38 bits per heavy atom. The second-order valence-corrected chi connectivity index (χ2v) is 6.93. The van der Waals surface area contributed by atoms with Crippen LogP contribution in [0.1, 0.15) is 42.3 Å². The van der Waals surface area contributed by atoms with E-state index >= 15 is 0 Å². The van der Waals surface area contributed by atoms with Crippen LogP contribution >= 0.6 is 0 Å². The smallest absolute Gasteiger partial charge is 0.343 e. The molecule has 0 atom stereocenters. The van der Waals surface area contributed by atoms with Gasteiger partial charge in [-0.2, -0.15) is 0 Å². The van der Waals surface area contributed by atoms with Crippen molar-refractivity contribution in [3.8, 4) is 11.5 Å². The Balaban J connectivity index is 1.81. The number of benzene rings is 2. The van der Waals surface area contributed by atoms with Crippen molar-refractivity contribution < 1.29 is 14.3 Å². The molecular weight excluding hydrogens is 300 g/mol. The van der Waals surface area contributed by atoms with Crippen molar-refractivity contribution >= 4 is 11.5 Å². The Morgan fingerprint density at radius 1 is 1.04 bits per heavy atom. The summed E-state index contributed by atoms with van der Waals surface area (Å²) in [7, 11) is 1.59. The molecule has 0 fully saturated rings. The van der Waals surface area contributed by atoms with E-state index in [1.807, 2.05) is 12.1 Å². The molecule has 3 nitrogen and oxygen atoms in total. The van der Waals surface area contributed by atoms with Gasteiger partial charge < -0.3 is 9.47 Å². The van der Waals surface area contributed by atoms with Gasteiger partial charge in [-0.05, 0) is 71.9 Å². The topological polar surface area (TPSA) is 35.5 Å². The predicted octanol–water partition coefficient (Wildman–Crippen LogP) is 4.90. The summed E-state index contributed by atoms with van der Waals surface area (Å²) in [6.07, 6.45) is 3.27. The molecule has 2 aromatic carbocycles. The molecule has 0 saturated carbocycles. The van der Waals surface area contributed by atoms with Crippen LogP contribution in [0, 0.1) is 5.41 Å². The molecule has 0 aliphatic heterocycles. The maximum Gasteiger partial charge on any atom is 0.343 e. The summed E-state index contributed by atoms with van der Waals surface area (Å²) in [6.45, 7) is 6.57. The van der Waals surface area contributed by atoms with Gasteiger partial charge in [-0.25, -0.2) is 4.79 Å². The molecule has 1 aliphatic rings. The molecule has 0 aromatic heterocycles. The molecule has 0 saturated heterocycles. The first-order chi connectivity index (χ1) is 11.4. The third-order valence-corrected chi connectivity index (χ3v) is 4.30. The number of methoxy groups -OCH3 is 1. The Kier molecular flexibility index (Phi) is 4.18. The largest absolute Gasteiger partial charge is 0.497 e. The third kappa shape index (κ3) is 3.35. The summed E-state index contributed by atoms with van der Waals surface area (Å²) >= 11 is 0. The molecular formula is C21H22O3. The molecule has 0 radical (unpaired) electrons. The van der Waals surface area contributed by atoms with Crippen molar-refractivity contribution in [2.24, 2.45) is 5.41 Å². The molecule has 124 valence electrons. The second kappa shape index (κ2) is 6.16. The van der Waals surface area contributed by atoms with E-state index in [0.29, 0.717) is 17.1 Å². The first kappa shape index (κ1) is 16.3. The highest BCUT2D eigenvalue weighted by molar-refractivity contribution is 5.91. The van der Waals surface area contributed by atoms with Gasteiger partial charge in [0.25, 0.3) is 0 Å². The standard InChI is InChI=1S/C21H22O3/c1-14-12-21(2,3)13-16-7-10-18(11-19(14)16)24-20(22)15-5-8-17(23-4)9-6-15/h5-12H,13H2,1-4H3. The van der Waals surface area contributed by atoms with Crippen molar-refractivity contribution in [2.45, 2.75) is 27.2 Å². The maximum atomic E-state index is 12.3. The lowest BCUT2D eigenvalue weighted by molar-refractivity contribution is 0.0734. The van der Waals surface area contributed by atoms with Gasteiger partial charge in [-0.15, -0.1) is 0 Å². The molecule has 2 aromatic rings. The molecule has 0 unspecified atom stereocenters. The van der Waals surface area contributed by atoms with Crippen LogP contribution in [-0.2, 0) is 6.42 Å². The zero-order valence-corrected chi connectivity index (χ0v) is 14.6. The van der Waals surface area contributed by atoms with Gasteiger partial charge in [0.1, 0.15) is 11.5 Å². The van der Waals surface area contributed by atoms with E-state index in [1.165, 1.54) is 11.1 Å². The minimum Gasteiger partial charge on any atom is -0.497 e. The van der Waals surface area contributed by atoms with Crippen LogP contribution in [-0.4, -0.2) is 13.1 Å². The van der Waals surface area contributed by atoms with Crippen molar-refractivity contribution in [3.63, 3.8) is 0 Å². The molecule has 1 aliphatic carbocycles. The average molecular weight is 322 g/mol. The van der Waals surface area contributed by atoms with Crippen molar-refractivity contribution in [2.75, 3.05) is 7.11 Å². The number of hydrogen-bond acceptors (Lipinski definition) is 3. The van der Waals surface area contributed by atoms with E-state index in [4.69, 9.17) is 9.47 Å². The highest BCUT2D eigenvalue weighted by atomic mass is 16.5. The van der Waals surface area contributed by atoms with E-state index in [2.05, 4.69) is 32.9 Å². The Morgan fingerprint density at radius 2 is 1.71 bits per heavy atom. The zero-order valence-electron chi connectivity index (χ0n) is 14.6. The van der Waals surface area contributed by atoms with E-state index in [0.717, 1.165) is 12.0 Å². The number of fused-ring (bicyclic) bond motifs is 1. The number of esters is 1. The quantitative estimate of drug-likeness (QED) is 0.595. The molecule has 0 amide bonds. The van der Waals surface area contributed by atoms with Crippen molar-refractivity contribution in [1.82, 2.24) is 0 Å². The van der Waals surface area contributed by atoms with Gasteiger partial charge >= 0.3 is 5.97 Å². The number of allylic oxidation sites excluding steroid dienone is 2. The fraction of sp³-hybridized carbons (Fsp3) is 0.286. The van der Waals surface area contributed by atoms with Crippen LogP contribution < -0.4 is 9.47 Å². The minimum atomic E-state index is -0.365. The van der Waals surface area contributed by atoms with Gasteiger partial charge in [0.2, 0.25) is 0 Å². The number of carbonyl (C=O) groups is 1. The van der Waals surface area contributed by atoms with Crippen LogP contribution in [0.5, 0.6) is 11.5 Å². The summed E-state index contributed by atoms with van der Waals surface area (Å²) in [5.74, 6) is 0.918. The molecule has 0 N–H and O–H groups in total. The summed E-state index contributed by atoms with van der Waals surface area (Å²) in [5.41, 5.74) is 4.35. The number of hydrogen-bond donors (Lipinski definition) is 0. The molecule has 3 heteroatoms. The summed E-state index contributed by atoms with van der Waals surface area (Å²) in [5, 5.41) is 0. The van der Waals surface area contributed by atoms with Gasteiger partial charge in [0.15, 0.2) is 0 Å². The number of ether oxygens (including phenoxy) is 2. The van der Waals surface area contributed by atoms with Gasteiger partial charge in [0, 0.05) is 0 Å². The Labute approximate surface area is 142 Å². The lowest BCUT2D eigenvalue weighted by atomic mass is 9.76. The number of carbonyl (C=O) groups excluding carboxylic acids is 1. The van der Waals surface area contributed by atoms with E-state index in [9.17, 15) is 4.79 Å². The average Bonchev–Trinajstić information content (AvgIpc) is 2.54. The van der Waals surface area contributed by atoms with Crippen LogP contribution in [0.3, 0.4) is 0 Å². The van der Waals surface area contributed by atoms with Gasteiger partial charge in [0.05, 0.1) is 12.7 Å². The normalized spacial score (nSPS) is 15.2. The van der Waals surface area contributed by atoms with Gasteiger partial charge in [-0.1, -0.05) is 26.0 Å². The first-order valence-electron chi connectivity index (χ1n) is 8.07. The highest BCUT2D eigenvalue weighted by Gasteiger charge is 2.24. The third-order valence-electron chi connectivity index (χ3n) is 4.30. The molecule has 0 spiro atoms. The SMILES string of the molecule is COc1ccc(C(=O)Oc2ccc3c(c2)C(C)=CC(C)(C)C3)cc1.